The molecule has 106 valence electrons. The van der Waals surface area contributed by atoms with Crippen molar-refractivity contribution in [2.24, 2.45) is 17.6 Å². The second-order valence-electron chi connectivity index (χ2n) is 5.75. The highest BCUT2D eigenvalue weighted by molar-refractivity contribution is 4.80. The van der Waals surface area contributed by atoms with Crippen LogP contribution in [0.25, 0.3) is 0 Å². The average Bonchev–Trinajstić information content (AvgIpc) is 3.21. The fourth-order valence-electron chi connectivity index (χ4n) is 2.74. The van der Waals surface area contributed by atoms with Crippen LogP contribution in [-0.4, -0.2) is 57.5 Å². The lowest BCUT2D eigenvalue weighted by atomic mass is 9.91. The molecule has 1 atom stereocenters. The van der Waals surface area contributed by atoms with Crippen molar-refractivity contribution in [1.82, 2.24) is 4.90 Å². The lowest BCUT2D eigenvalue weighted by Gasteiger charge is -2.35. The zero-order chi connectivity index (χ0) is 12.8. The van der Waals surface area contributed by atoms with E-state index in [4.69, 9.17) is 15.2 Å². The minimum atomic E-state index is 0.485. The van der Waals surface area contributed by atoms with Crippen molar-refractivity contribution in [2.45, 2.75) is 31.7 Å². The summed E-state index contributed by atoms with van der Waals surface area (Å²) < 4.78 is 11.1. The van der Waals surface area contributed by atoms with Crippen molar-refractivity contribution in [1.29, 1.82) is 0 Å². The molecule has 0 radical (unpaired) electrons. The Morgan fingerprint density at radius 2 is 2.00 bits per heavy atom. The molecule has 1 aliphatic carbocycles. The van der Waals surface area contributed by atoms with E-state index in [0.29, 0.717) is 12.0 Å². The molecular weight excluding hydrogens is 228 g/mol. The number of ether oxygens (including phenoxy) is 2. The number of hydrogen-bond donors (Lipinski definition) is 1. The van der Waals surface area contributed by atoms with Crippen molar-refractivity contribution >= 4 is 0 Å². The Morgan fingerprint density at radius 3 is 2.61 bits per heavy atom. The van der Waals surface area contributed by atoms with E-state index in [1.165, 1.54) is 12.8 Å². The van der Waals surface area contributed by atoms with E-state index in [2.05, 4.69) is 11.9 Å². The highest BCUT2D eigenvalue weighted by atomic mass is 16.5. The lowest BCUT2D eigenvalue weighted by molar-refractivity contribution is 0.0243. The molecule has 1 aliphatic heterocycles. The predicted molar refractivity (Wildman–Crippen MR) is 72.6 cm³/mol. The molecule has 2 aliphatic rings. The van der Waals surface area contributed by atoms with Gasteiger partial charge in [-0.2, -0.15) is 0 Å². The van der Waals surface area contributed by atoms with Gasteiger partial charge in [0.25, 0.3) is 0 Å². The molecule has 1 saturated heterocycles. The van der Waals surface area contributed by atoms with Gasteiger partial charge in [-0.3, -0.25) is 4.90 Å². The van der Waals surface area contributed by atoms with Crippen LogP contribution >= 0.6 is 0 Å². The first kappa shape index (κ1) is 14.3. The van der Waals surface area contributed by atoms with Gasteiger partial charge in [0.2, 0.25) is 0 Å². The normalized spacial score (nSPS) is 23.5. The first-order valence-corrected chi connectivity index (χ1v) is 7.37. The minimum absolute atomic E-state index is 0.485. The van der Waals surface area contributed by atoms with Crippen LogP contribution in [0.15, 0.2) is 0 Å². The molecule has 4 heteroatoms. The molecule has 1 unspecified atom stereocenters. The maximum Gasteiger partial charge on any atom is 0.0593 e. The van der Waals surface area contributed by atoms with E-state index in [1.807, 2.05) is 0 Å². The summed E-state index contributed by atoms with van der Waals surface area (Å²) in [7, 11) is 2.17. The van der Waals surface area contributed by atoms with Gasteiger partial charge in [0.05, 0.1) is 6.61 Å². The summed E-state index contributed by atoms with van der Waals surface area (Å²) in [6.07, 6.45) is 5.02. The molecule has 0 spiro atoms. The van der Waals surface area contributed by atoms with Crippen molar-refractivity contribution in [3.63, 3.8) is 0 Å². The topological polar surface area (TPSA) is 47.7 Å². The largest absolute Gasteiger partial charge is 0.381 e. The smallest absolute Gasteiger partial charge is 0.0593 e. The average molecular weight is 256 g/mol. The highest BCUT2D eigenvalue weighted by Crippen LogP contribution is 2.28. The molecule has 0 aromatic heterocycles. The second kappa shape index (κ2) is 7.43. The van der Waals surface area contributed by atoms with Gasteiger partial charge in [-0.25, -0.2) is 0 Å². The third kappa shape index (κ3) is 4.50. The van der Waals surface area contributed by atoms with Gasteiger partial charge < -0.3 is 15.2 Å². The van der Waals surface area contributed by atoms with Gasteiger partial charge in [0.1, 0.15) is 0 Å². The third-order valence-electron chi connectivity index (χ3n) is 4.26. The van der Waals surface area contributed by atoms with Crippen LogP contribution in [0.1, 0.15) is 25.7 Å². The van der Waals surface area contributed by atoms with Crippen LogP contribution in [0.5, 0.6) is 0 Å². The maximum absolute atomic E-state index is 5.94. The number of likely N-dealkylation sites (N-methyl/N-ethyl adjacent to an activating group) is 1. The Balaban J connectivity index is 1.64. The molecule has 0 aromatic carbocycles. The molecular formula is C14H28N2O2. The Morgan fingerprint density at radius 1 is 1.28 bits per heavy atom. The quantitative estimate of drug-likeness (QED) is 0.661. The first-order valence-electron chi connectivity index (χ1n) is 7.37. The van der Waals surface area contributed by atoms with Crippen LogP contribution in [-0.2, 0) is 9.47 Å². The van der Waals surface area contributed by atoms with Crippen LogP contribution in [0.3, 0.4) is 0 Å². The molecule has 0 bridgehead atoms. The minimum Gasteiger partial charge on any atom is -0.381 e. The SMILES string of the molecule is CN(CCOCC1CC1)C(CN)C1CCOCC1. The van der Waals surface area contributed by atoms with E-state index < -0.39 is 0 Å². The van der Waals surface area contributed by atoms with Crippen molar-refractivity contribution in [3.8, 4) is 0 Å². The summed E-state index contributed by atoms with van der Waals surface area (Å²) in [6.45, 7) is 5.32. The predicted octanol–water partition coefficient (Wildman–Crippen LogP) is 1.10. The molecule has 2 N–H and O–H groups in total. The van der Waals surface area contributed by atoms with E-state index in [1.54, 1.807) is 0 Å². The Bertz CT molecular complexity index is 228. The summed E-state index contributed by atoms with van der Waals surface area (Å²) >= 11 is 0. The van der Waals surface area contributed by atoms with E-state index in [0.717, 1.165) is 58.3 Å². The zero-order valence-corrected chi connectivity index (χ0v) is 11.6. The van der Waals surface area contributed by atoms with Gasteiger partial charge in [-0.1, -0.05) is 0 Å². The molecule has 18 heavy (non-hydrogen) atoms. The summed E-state index contributed by atoms with van der Waals surface area (Å²) in [4.78, 5) is 2.38. The number of nitrogens with zero attached hydrogens (tertiary/aromatic N) is 1. The lowest BCUT2D eigenvalue weighted by Crippen LogP contribution is -2.46. The van der Waals surface area contributed by atoms with Crippen LogP contribution in [0, 0.1) is 11.8 Å². The fourth-order valence-corrected chi connectivity index (χ4v) is 2.74. The summed E-state index contributed by atoms with van der Waals surface area (Å²) in [5, 5.41) is 0. The molecule has 2 fully saturated rings. The first-order chi connectivity index (χ1) is 8.81. The fraction of sp³-hybridized carbons (Fsp3) is 1.00. The van der Waals surface area contributed by atoms with Gasteiger partial charge >= 0.3 is 0 Å². The molecule has 0 aromatic rings. The van der Waals surface area contributed by atoms with E-state index in [9.17, 15) is 0 Å². The summed E-state index contributed by atoms with van der Waals surface area (Å²) in [6, 6.07) is 0.485. The molecule has 2 rings (SSSR count). The zero-order valence-electron chi connectivity index (χ0n) is 11.6. The summed E-state index contributed by atoms with van der Waals surface area (Å²) in [5.74, 6) is 1.55. The highest BCUT2D eigenvalue weighted by Gasteiger charge is 2.26. The number of hydrogen-bond acceptors (Lipinski definition) is 4. The van der Waals surface area contributed by atoms with Crippen molar-refractivity contribution < 1.29 is 9.47 Å². The van der Waals surface area contributed by atoms with E-state index >= 15 is 0 Å². The van der Waals surface area contributed by atoms with Crippen molar-refractivity contribution in [2.75, 3.05) is 46.6 Å². The molecule has 4 nitrogen and oxygen atoms in total. The van der Waals surface area contributed by atoms with E-state index in [-0.39, 0.29) is 0 Å². The molecule has 1 heterocycles. The Hall–Kier alpha value is -0.160. The van der Waals surface area contributed by atoms with Gasteiger partial charge in [0, 0.05) is 39.0 Å². The van der Waals surface area contributed by atoms with Crippen LogP contribution in [0.2, 0.25) is 0 Å². The number of rotatable bonds is 8. The summed E-state index contributed by atoms with van der Waals surface area (Å²) in [5.41, 5.74) is 5.94. The standard InChI is InChI=1S/C14H28N2O2/c1-16(6-9-18-11-12-2-3-12)14(10-15)13-4-7-17-8-5-13/h12-14H,2-11,15H2,1H3. The second-order valence-corrected chi connectivity index (χ2v) is 5.75. The molecule has 1 saturated carbocycles. The van der Waals surface area contributed by atoms with Crippen LogP contribution < -0.4 is 5.73 Å². The van der Waals surface area contributed by atoms with Crippen molar-refractivity contribution in [3.05, 3.63) is 0 Å². The van der Waals surface area contributed by atoms with Gasteiger partial charge in [0.15, 0.2) is 0 Å². The van der Waals surface area contributed by atoms with Gasteiger partial charge in [-0.05, 0) is 44.6 Å². The van der Waals surface area contributed by atoms with Gasteiger partial charge in [-0.15, -0.1) is 0 Å². The Kier molecular flexibility index (Phi) is 5.89. The number of nitrogens with two attached hydrogens (primary N) is 1. The Labute approximate surface area is 111 Å². The van der Waals surface area contributed by atoms with Crippen LogP contribution in [0.4, 0.5) is 0 Å². The molecule has 0 amide bonds. The maximum atomic E-state index is 5.94. The monoisotopic (exact) mass is 256 g/mol. The third-order valence-corrected chi connectivity index (χ3v) is 4.26.